The number of anilines is 1. The second kappa shape index (κ2) is 5.71. The van der Waals surface area contributed by atoms with Gasteiger partial charge in [-0.25, -0.2) is 4.98 Å². The number of pyridine rings is 1. The largest absolute Gasteiger partial charge is 0.372 e. The molecular formula is C16H19N3. The quantitative estimate of drug-likeness (QED) is 0.833. The molecule has 2 rings (SSSR count). The van der Waals surface area contributed by atoms with E-state index >= 15 is 0 Å². The number of rotatable bonds is 4. The Bertz CT molecular complexity index is 613. The number of nitriles is 1. The highest BCUT2D eigenvalue weighted by atomic mass is 15.1. The van der Waals surface area contributed by atoms with Gasteiger partial charge in [0, 0.05) is 30.4 Å². The summed E-state index contributed by atoms with van der Waals surface area (Å²) in [5.74, 6) is 0. The Balaban J connectivity index is 2.40. The Morgan fingerprint density at radius 3 is 2.84 bits per heavy atom. The van der Waals surface area contributed by atoms with Crippen LogP contribution in [0.15, 0.2) is 30.5 Å². The molecule has 0 amide bonds. The maximum atomic E-state index is 9.05. The van der Waals surface area contributed by atoms with Gasteiger partial charge in [0.2, 0.25) is 0 Å². The molecule has 0 saturated carbocycles. The van der Waals surface area contributed by atoms with Gasteiger partial charge in [0.25, 0.3) is 0 Å². The fourth-order valence-electron chi connectivity index (χ4n) is 2.34. The van der Waals surface area contributed by atoms with E-state index in [1.54, 1.807) is 6.20 Å². The maximum absolute atomic E-state index is 9.05. The Morgan fingerprint density at radius 1 is 1.37 bits per heavy atom. The van der Waals surface area contributed by atoms with E-state index in [1.165, 1.54) is 18.5 Å². The van der Waals surface area contributed by atoms with Gasteiger partial charge in [-0.1, -0.05) is 13.3 Å². The van der Waals surface area contributed by atoms with Crippen LogP contribution in [0.25, 0.3) is 10.8 Å². The predicted molar refractivity (Wildman–Crippen MR) is 79.2 cm³/mol. The molecule has 1 heterocycles. The fourth-order valence-corrected chi connectivity index (χ4v) is 2.34. The van der Waals surface area contributed by atoms with Crippen LogP contribution in [0.2, 0.25) is 0 Å². The highest BCUT2D eigenvalue weighted by Gasteiger charge is 2.10. The van der Waals surface area contributed by atoms with E-state index in [0.29, 0.717) is 11.7 Å². The molecule has 0 N–H and O–H groups in total. The molecule has 3 nitrogen and oxygen atoms in total. The lowest BCUT2D eigenvalue weighted by Crippen LogP contribution is -2.28. The standard InChI is InChI=1S/C16H19N3/c1-4-5-12(2)19(3)14-6-7-15-13(10-14)8-9-18-16(15)11-17/h6-10,12H,4-5H2,1-3H3. The van der Waals surface area contributed by atoms with Gasteiger partial charge in [-0.3, -0.25) is 0 Å². The van der Waals surface area contributed by atoms with Crippen molar-refractivity contribution in [2.45, 2.75) is 32.7 Å². The van der Waals surface area contributed by atoms with Crippen molar-refractivity contribution in [2.24, 2.45) is 0 Å². The van der Waals surface area contributed by atoms with E-state index in [2.05, 4.69) is 49.0 Å². The molecule has 1 atom stereocenters. The molecule has 2 aromatic rings. The van der Waals surface area contributed by atoms with Crippen LogP contribution in [0, 0.1) is 11.3 Å². The van der Waals surface area contributed by atoms with Crippen LogP contribution in [0.1, 0.15) is 32.4 Å². The van der Waals surface area contributed by atoms with Gasteiger partial charge in [-0.15, -0.1) is 0 Å². The van der Waals surface area contributed by atoms with Crippen LogP contribution >= 0.6 is 0 Å². The Kier molecular flexibility index (Phi) is 4.01. The number of fused-ring (bicyclic) bond motifs is 1. The van der Waals surface area contributed by atoms with Crippen molar-refractivity contribution in [3.05, 3.63) is 36.2 Å². The van der Waals surface area contributed by atoms with Crippen molar-refractivity contribution in [3.63, 3.8) is 0 Å². The molecule has 0 fully saturated rings. The Labute approximate surface area is 114 Å². The van der Waals surface area contributed by atoms with Crippen molar-refractivity contribution in [1.82, 2.24) is 4.98 Å². The molecule has 0 aliphatic heterocycles. The average molecular weight is 253 g/mol. The molecule has 98 valence electrons. The number of aromatic nitrogens is 1. The average Bonchev–Trinajstić information content (AvgIpc) is 2.45. The minimum atomic E-state index is 0.494. The lowest BCUT2D eigenvalue weighted by atomic mass is 10.1. The first kappa shape index (κ1) is 13.4. The SMILES string of the molecule is CCCC(C)N(C)c1ccc2c(C#N)nccc2c1. The van der Waals surface area contributed by atoms with Gasteiger partial charge in [-0.05, 0) is 43.0 Å². The molecule has 3 heteroatoms. The normalized spacial score (nSPS) is 12.1. The first-order valence-electron chi connectivity index (χ1n) is 6.69. The van der Waals surface area contributed by atoms with Gasteiger partial charge >= 0.3 is 0 Å². The van der Waals surface area contributed by atoms with E-state index in [1.807, 2.05) is 12.1 Å². The zero-order chi connectivity index (χ0) is 13.8. The molecule has 0 radical (unpaired) electrons. The van der Waals surface area contributed by atoms with Gasteiger partial charge in [0.1, 0.15) is 11.8 Å². The van der Waals surface area contributed by atoms with E-state index in [-0.39, 0.29) is 0 Å². The summed E-state index contributed by atoms with van der Waals surface area (Å²) in [5, 5.41) is 11.0. The summed E-state index contributed by atoms with van der Waals surface area (Å²) in [4.78, 5) is 6.38. The monoisotopic (exact) mass is 253 g/mol. The summed E-state index contributed by atoms with van der Waals surface area (Å²) in [5.41, 5.74) is 1.68. The summed E-state index contributed by atoms with van der Waals surface area (Å²) < 4.78 is 0. The summed E-state index contributed by atoms with van der Waals surface area (Å²) in [6.45, 7) is 4.44. The number of benzene rings is 1. The third kappa shape index (κ3) is 2.68. The van der Waals surface area contributed by atoms with Crippen molar-refractivity contribution in [1.29, 1.82) is 5.26 Å². The third-order valence-electron chi connectivity index (χ3n) is 3.63. The lowest BCUT2D eigenvalue weighted by Gasteiger charge is -2.27. The van der Waals surface area contributed by atoms with E-state index < -0.39 is 0 Å². The van der Waals surface area contributed by atoms with Crippen LogP contribution in [0.5, 0.6) is 0 Å². The van der Waals surface area contributed by atoms with Crippen molar-refractivity contribution >= 4 is 16.5 Å². The second-order valence-corrected chi connectivity index (χ2v) is 4.93. The third-order valence-corrected chi connectivity index (χ3v) is 3.63. The zero-order valence-corrected chi connectivity index (χ0v) is 11.7. The van der Waals surface area contributed by atoms with Crippen LogP contribution in [0.4, 0.5) is 5.69 Å². The van der Waals surface area contributed by atoms with Crippen LogP contribution in [0.3, 0.4) is 0 Å². The first-order chi connectivity index (χ1) is 9.17. The minimum absolute atomic E-state index is 0.494. The molecule has 0 bridgehead atoms. The molecule has 0 spiro atoms. The van der Waals surface area contributed by atoms with Gasteiger partial charge in [0.15, 0.2) is 0 Å². The molecule has 0 aliphatic carbocycles. The smallest absolute Gasteiger partial charge is 0.148 e. The summed E-state index contributed by atoms with van der Waals surface area (Å²) in [6.07, 6.45) is 4.05. The highest BCUT2D eigenvalue weighted by Crippen LogP contribution is 2.24. The maximum Gasteiger partial charge on any atom is 0.148 e. The van der Waals surface area contributed by atoms with Crippen LogP contribution < -0.4 is 4.90 Å². The predicted octanol–water partition coefficient (Wildman–Crippen LogP) is 3.73. The molecule has 1 aromatic heterocycles. The van der Waals surface area contributed by atoms with E-state index in [9.17, 15) is 0 Å². The summed E-state index contributed by atoms with van der Waals surface area (Å²) in [6, 6.07) is 10.8. The van der Waals surface area contributed by atoms with Crippen molar-refractivity contribution in [3.8, 4) is 6.07 Å². The zero-order valence-electron chi connectivity index (χ0n) is 11.7. The fraction of sp³-hybridized carbons (Fsp3) is 0.375. The minimum Gasteiger partial charge on any atom is -0.372 e. The van der Waals surface area contributed by atoms with Gasteiger partial charge in [-0.2, -0.15) is 5.26 Å². The van der Waals surface area contributed by atoms with Crippen molar-refractivity contribution in [2.75, 3.05) is 11.9 Å². The van der Waals surface area contributed by atoms with Crippen LogP contribution in [-0.2, 0) is 0 Å². The number of hydrogen-bond donors (Lipinski definition) is 0. The molecule has 0 aliphatic rings. The number of hydrogen-bond acceptors (Lipinski definition) is 3. The second-order valence-electron chi connectivity index (χ2n) is 4.93. The number of nitrogens with zero attached hydrogens (tertiary/aromatic N) is 3. The van der Waals surface area contributed by atoms with E-state index in [4.69, 9.17) is 5.26 Å². The highest BCUT2D eigenvalue weighted by molar-refractivity contribution is 5.89. The summed E-state index contributed by atoms with van der Waals surface area (Å²) in [7, 11) is 2.12. The molecule has 19 heavy (non-hydrogen) atoms. The van der Waals surface area contributed by atoms with Gasteiger partial charge in [0.05, 0.1) is 0 Å². The van der Waals surface area contributed by atoms with Crippen molar-refractivity contribution < 1.29 is 0 Å². The molecular weight excluding hydrogens is 234 g/mol. The van der Waals surface area contributed by atoms with Crippen LogP contribution in [-0.4, -0.2) is 18.1 Å². The lowest BCUT2D eigenvalue weighted by molar-refractivity contribution is 0.616. The molecule has 1 unspecified atom stereocenters. The summed E-state index contributed by atoms with van der Waals surface area (Å²) >= 11 is 0. The topological polar surface area (TPSA) is 39.9 Å². The molecule has 1 aromatic carbocycles. The van der Waals surface area contributed by atoms with E-state index in [0.717, 1.165) is 10.8 Å². The first-order valence-corrected chi connectivity index (χ1v) is 6.69. The molecule has 0 saturated heterocycles. The van der Waals surface area contributed by atoms with Gasteiger partial charge < -0.3 is 4.90 Å². The Hall–Kier alpha value is -2.08. The Morgan fingerprint density at radius 2 is 2.16 bits per heavy atom.